The molecule has 21 heavy (non-hydrogen) atoms. The van der Waals surface area contributed by atoms with Crippen molar-refractivity contribution in [1.29, 1.82) is 0 Å². The van der Waals surface area contributed by atoms with Crippen molar-refractivity contribution < 1.29 is 29.4 Å². The summed E-state index contributed by atoms with van der Waals surface area (Å²) >= 11 is 1.26. The van der Waals surface area contributed by atoms with E-state index in [-0.39, 0.29) is 18.2 Å². The van der Waals surface area contributed by atoms with Crippen LogP contribution >= 0.6 is 11.8 Å². The Morgan fingerprint density at radius 2 is 1.52 bits per heavy atom. The first-order valence-electron chi connectivity index (χ1n) is 6.58. The molecule has 2 aliphatic heterocycles. The number of amides is 2. The number of carboxylic acid groups (broad SMARTS) is 2. The molecule has 2 amide bonds. The highest BCUT2D eigenvalue weighted by atomic mass is 32.2. The number of hydrogen-bond donors (Lipinski definition) is 2. The second-order valence-corrected chi connectivity index (χ2v) is 5.98. The highest BCUT2D eigenvalue weighted by molar-refractivity contribution is 7.99. The van der Waals surface area contributed by atoms with Gasteiger partial charge < -0.3 is 20.0 Å². The summed E-state index contributed by atoms with van der Waals surface area (Å²) in [6.07, 6.45) is 1.64. The summed E-state index contributed by atoms with van der Waals surface area (Å²) < 4.78 is 0. The standard InChI is InChI=1S/C12H16N2O6S/c15-9(13-4-2-1-3-7(13)11(17)18)10(16)14-6-21-5-8(14)12(19)20/h7-8H,1-6H2,(H,17,18)(H,19,20)/t7-,8+/m1/s1. The summed E-state index contributed by atoms with van der Waals surface area (Å²) in [7, 11) is 0. The van der Waals surface area contributed by atoms with Gasteiger partial charge in [0.25, 0.3) is 0 Å². The zero-order valence-corrected chi connectivity index (χ0v) is 12.0. The quantitative estimate of drug-likeness (QED) is 0.656. The average Bonchev–Trinajstić information content (AvgIpc) is 2.95. The van der Waals surface area contributed by atoms with Crippen LogP contribution in [0, 0.1) is 0 Å². The third kappa shape index (κ3) is 3.12. The Kier molecular flexibility index (Phi) is 4.71. The van der Waals surface area contributed by atoms with Gasteiger partial charge in [-0.2, -0.15) is 0 Å². The predicted molar refractivity (Wildman–Crippen MR) is 72.6 cm³/mol. The van der Waals surface area contributed by atoms with E-state index in [1.54, 1.807) is 0 Å². The van der Waals surface area contributed by atoms with Gasteiger partial charge in [-0.25, -0.2) is 9.59 Å². The lowest BCUT2D eigenvalue weighted by molar-refractivity contribution is -0.161. The summed E-state index contributed by atoms with van der Waals surface area (Å²) in [5, 5.41) is 18.2. The van der Waals surface area contributed by atoms with E-state index in [1.165, 1.54) is 11.8 Å². The molecule has 0 aromatic rings. The maximum atomic E-state index is 12.2. The Morgan fingerprint density at radius 3 is 2.14 bits per heavy atom. The number of carboxylic acids is 2. The molecule has 0 aromatic heterocycles. The number of carbonyl (C=O) groups excluding carboxylic acids is 2. The van der Waals surface area contributed by atoms with Crippen LogP contribution in [0.2, 0.25) is 0 Å². The van der Waals surface area contributed by atoms with Crippen LogP contribution in [0.15, 0.2) is 0 Å². The fourth-order valence-electron chi connectivity index (χ4n) is 2.52. The van der Waals surface area contributed by atoms with Crippen molar-refractivity contribution in [2.24, 2.45) is 0 Å². The van der Waals surface area contributed by atoms with E-state index in [4.69, 9.17) is 10.2 Å². The van der Waals surface area contributed by atoms with E-state index < -0.39 is 35.8 Å². The SMILES string of the molecule is O=C(O)[C@H]1CCCCN1C(=O)C(=O)N1CSC[C@H]1C(=O)O. The Hall–Kier alpha value is -1.77. The van der Waals surface area contributed by atoms with Crippen LogP contribution in [0.4, 0.5) is 0 Å². The van der Waals surface area contributed by atoms with Crippen molar-refractivity contribution in [1.82, 2.24) is 9.80 Å². The van der Waals surface area contributed by atoms with Crippen LogP contribution in [0.1, 0.15) is 19.3 Å². The molecule has 116 valence electrons. The monoisotopic (exact) mass is 316 g/mol. The molecule has 2 aliphatic rings. The minimum absolute atomic E-state index is 0.132. The Balaban J connectivity index is 2.12. The molecule has 9 heteroatoms. The molecule has 8 nitrogen and oxygen atoms in total. The van der Waals surface area contributed by atoms with Crippen LogP contribution in [-0.2, 0) is 19.2 Å². The van der Waals surface area contributed by atoms with Gasteiger partial charge in [-0.05, 0) is 19.3 Å². The minimum atomic E-state index is -1.16. The molecule has 0 bridgehead atoms. The largest absolute Gasteiger partial charge is 0.480 e. The molecule has 0 aromatic carbocycles. The Labute approximate surface area is 125 Å². The second-order valence-electron chi connectivity index (χ2n) is 4.98. The van der Waals surface area contributed by atoms with Crippen LogP contribution in [-0.4, -0.2) is 74.0 Å². The topological polar surface area (TPSA) is 115 Å². The molecule has 2 rings (SSSR count). The molecule has 2 saturated heterocycles. The number of aliphatic carboxylic acids is 2. The first-order chi connectivity index (χ1) is 9.93. The zero-order chi connectivity index (χ0) is 15.6. The third-order valence-electron chi connectivity index (χ3n) is 3.66. The van der Waals surface area contributed by atoms with Gasteiger partial charge in [0.05, 0.1) is 5.88 Å². The van der Waals surface area contributed by atoms with Gasteiger partial charge in [0.15, 0.2) is 0 Å². The summed E-state index contributed by atoms with van der Waals surface area (Å²) in [6, 6.07) is -2.03. The summed E-state index contributed by atoms with van der Waals surface area (Å²) in [4.78, 5) is 48.7. The van der Waals surface area contributed by atoms with Crippen LogP contribution in [0.25, 0.3) is 0 Å². The molecule has 0 saturated carbocycles. The molecule has 0 radical (unpaired) electrons. The lowest BCUT2D eigenvalue weighted by Crippen LogP contribution is -2.55. The van der Waals surface area contributed by atoms with Crippen LogP contribution < -0.4 is 0 Å². The Morgan fingerprint density at radius 1 is 0.905 bits per heavy atom. The van der Waals surface area contributed by atoms with Gasteiger partial charge >= 0.3 is 23.8 Å². The maximum Gasteiger partial charge on any atom is 0.327 e. The molecule has 2 N–H and O–H groups in total. The lowest BCUT2D eigenvalue weighted by atomic mass is 10.0. The molecule has 2 atom stereocenters. The molecule has 0 aliphatic carbocycles. The first kappa shape index (κ1) is 15.6. The first-order valence-corrected chi connectivity index (χ1v) is 7.74. The number of hydrogen-bond acceptors (Lipinski definition) is 5. The van der Waals surface area contributed by atoms with E-state index in [0.29, 0.717) is 19.3 Å². The van der Waals surface area contributed by atoms with Gasteiger partial charge in [-0.15, -0.1) is 11.8 Å². The van der Waals surface area contributed by atoms with E-state index in [9.17, 15) is 19.2 Å². The van der Waals surface area contributed by atoms with Gasteiger partial charge in [0, 0.05) is 12.3 Å². The molecule has 0 unspecified atom stereocenters. The molecular formula is C12H16N2O6S. The van der Waals surface area contributed by atoms with E-state index in [0.717, 1.165) is 9.80 Å². The molecule has 2 heterocycles. The lowest BCUT2D eigenvalue weighted by Gasteiger charge is -2.33. The summed E-state index contributed by atoms with van der Waals surface area (Å²) in [6.45, 7) is 0.209. The van der Waals surface area contributed by atoms with E-state index in [2.05, 4.69) is 0 Å². The number of carbonyl (C=O) groups is 4. The van der Waals surface area contributed by atoms with Crippen molar-refractivity contribution in [3.05, 3.63) is 0 Å². The molecule has 0 spiro atoms. The molecule has 2 fully saturated rings. The average molecular weight is 316 g/mol. The number of piperidine rings is 1. The smallest absolute Gasteiger partial charge is 0.327 e. The zero-order valence-electron chi connectivity index (χ0n) is 11.2. The number of thioether (sulfide) groups is 1. The fraction of sp³-hybridized carbons (Fsp3) is 0.667. The van der Waals surface area contributed by atoms with Crippen molar-refractivity contribution in [3.63, 3.8) is 0 Å². The number of rotatable bonds is 2. The van der Waals surface area contributed by atoms with Crippen molar-refractivity contribution in [3.8, 4) is 0 Å². The van der Waals surface area contributed by atoms with Gasteiger partial charge in [-0.1, -0.05) is 0 Å². The minimum Gasteiger partial charge on any atom is -0.480 e. The fourth-order valence-corrected chi connectivity index (χ4v) is 3.67. The van der Waals surface area contributed by atoms with Gasteiger partial charge in [-0.3, -0.25) is 9.59 Å². The van der Waals surface area contributed by atoms with Crippen molar-refractivity contribution >= 4 is 35.5 Å². The number of likely N-dealkylation sites (tertiary alicyclic amines) is 1. The van der Waals surface area contributed by atoms with Crippen molar-refractivity contribution in [2.75, 3.05) is 18.2 Å². The summed E-state index contributed by atoms with van der Waals surface area (Å²) in [5.74, 6) is -3.78. The number of nitrogens with zero attached hydrogens (tertiary/aromatic N) is 2. The van der Waals surface area contributed by atoms with Crippen LogP contribution in [0.3, 0.4) is 0 Å². The highest BCUT2D eigenvalue weighted by Crippen LogP contribution is 2.23. The normalized spacial score (nSPS) is 25.7. The highest BCUT2D eigenvalue weighted by Gasteiger charge is 2.42. The predicted octanol–water partition coefficient (Wildman–Crippen LogP) is -0.562. The third-order valence-corrected chi connectivity index (χ3v) is 4.67. The van der Waals surface area contributed by atoms with Gasteiger partial charge in [0.2, 0.25) is 0 Å². The second kappa shape index (κ2) is 6.33. The van der Waals surface area contributed by atoms with Crippen molar-refractivity contribution in [2.45, 2.75) is 31.3 Å². The Bertz CT molecular complexity index is 482. The van der Waals surface area contributed by atoms with E-state index >= 15 is 0 Å². The maximum absolute atomic E-state index is 12.2. The molecular weight excluding hydrogens is 300 g/mol. The summed E-state index contributed by atoms with van der Waals surface area (Å²) in [5.41, 5.74) is 0. The van der Waals surface area contributed by atoms with Crippen LogP contribution in [0.5, 0.6) is 0 Å². The van der Waals surface area contributed by atoms with Gasteiger partial charge in [0.1, 0.15) is 12.1 Å². The van der Waals surface area contributed by atoms with E-state index in [1.807, 2.05) is 0 Å².